The first-order valence-electron chi connectivity index (χ1n) is 25.4. The summed E-state index contributed by atoms with van der Waals surface area (Å²) < 4.78 is 12.3. The van der Waals surface area contributed by atoms with E-state index in [1.807, 2.05) is 0 Å². The number of ether oxygens (including phenoxy) is 2. The van der Waals surface area contributed by atoms with Crippen LogP contribution in [0.15, 0.2) is 11.6 Å². The lowest BCUT2D eigenvalue weighted by Gasteiger charge is -2.58. The van der Waals surface area contributed by atoms with Gasteiger partial charge in [0.2, 0.25) is 0 Å². The first kappa shape index (κ1) is 48.1. The predicted molar refractivity (Wildman–Crippen MR) is 238 cm³/mol. The molecule has 0 aromatic heterocycles. The van der Waals surface area contributed by atoms with E-state index in [0.29, 0.717) is 18.3 Å². The van der Waals surface area contributed by atoms with Gasteiger partial charge in [-0.15, -0.1) is 0 Å². The van der Waals surface area contributed by atoms with Gasteiger partial charge in [0.1, 0.15) is 12.2 Å². The molecule has 3 N–H and O–H groups in total. The maximum absolute atomic E-state index is 12.7. The molecule has 5 aliphatic carbocycles. The highest BCUT2D eigenvalue weighted by atomic mass is 16.5. The van der Waals surface area contributed by atoms with E-state index in [-0.39, 0.29) is 24.1 Å². The predicted octanol–water partition coefficient (Wildman–Crippen LogP) is 12.5. The van der Waals surface area contributed by atoms with Gasteiger partial charge in [0, 0.05) is 12.3 Å². The SMILES string of the molecule is CCCCCCCCCCCCCCCC(=O)OC[C@H]1C[C@@H](OC2CC[C@@]3(C)C(=CC[C@H]4[C@@H]5CC[C@H]([C@H](C)CC[C@@H](CC)C(C)C)[C@@]5(C)CC[C@@H]43)C2)[C@H](O)[C@@H](O)[C@@H]1O. The molecule has 1 unspecified atom stereocenters. The zero-order valence-electron chi connectivity index (χ0n) is 38.7. The van der Waals surface area contributed by atoms with Gasteiger partial charge >= 0.3 is 5.97 Å². The summed E-state index contributed by atoms with van der Waals surface area (Å²) in [5.41, 5.74) is 2.24. The number of hydrogen-bond donors (Lipinski definition) is 3. The highest BCUT2D eigenvalue weighted by Crippen LogP contribution is 2.67. The molecule has 5 aliphatic rings. The van der Waals surface area contributed by atoms with E-state index in [1.165, 1.54) is 116 Å². The second-order valence-electron chi connectivity index (χ2n) is 21.6. The Balaban J connectivity index is 1.04. The third-order valence-electron chi connectivity index (χ3n) is 17.7. The fourth-order valence-corrected chi connectivity index (χ4v) is 13.8. The Morgan fingerprint density at radius 3 is 2.07 bits per heavy atom. The fraction of sp³-hybridized carbons (Fsp3) is 0.942. The van der Waals surface area contributed by atoms with E-state index in [0.717, 1.165) is 80.0 Å². The molecule has 4 saturated carbocycles. The summed E-state index contributed by atoms with van der Waals surface area (Å²) in [5.74, 6) is 4.98. The summed E-state index contributed by atoms with van der Waals surface area (Å²) in [5, 5.41) is 32.8. The van der Waals surface area contributed by atoms with Gasteiger partial charge in [-0.3, -0.25) is 4.79 Å². The van der Waals surface area contributed by atoms with Crippen molar-refractivity contribution in [3.05, 3.63) is 11.6 Å². The zero-order chi connectivity index (χ0) is 41.9. The molecule has 0 bridgehead atoms. The molecule has 58 heavy (non-hydrogen) atoms. The molecule has 6 heteroatoms. The van der Waals surface area contributed by atoms with Crippen molar-refractivity contribution in [1.29, 1.82) is 0 Å². The summed E-state index contributed by atoms with van der Waals surface area (Å²) in [6, 6.07) is 0. The van der Waals surface area contributed by atoms with Crippen molar-refractivity contribution in [2.75, 3.05) is 6.61 Å². The molecular weight excluding hydrogens is 721 g/mol. The summed E-state index contributed by atoms with van der Waals surface area (Å²) in [6.07, 6.45) is 29.3. The number of rotatable bonds is 24. The van der Waals surface area contributed by atoms with Crippen LogP contribution in [-0.2, 0) is 14.3 Å². The first-order chi connectivity index (χ1) is 27.8. The maximum atomic E-state index is 12.7. The minimum Gasteiger partial charge on any atom is -0.465 e. The van der Waals surface area contributed by atoms with Crippen LogP contribution in [0.5, 0.6) is 0 Å². The van der Waals surface area contributed by atoms with Crippen molar-refractivity contribution >= 4 is 5.97 Å². The summed E-state index contributed by atoms with van der Waals surface area (Å²) in [4.78, 5) is 12.7. The van der Waals surface area contributed by atoms with Gasteiger partial charge in [0.05, 0.1) is 24.9 Å². The number of allylic oxidation sites excluding steroid dienone is 1. The molecule has 4 fully saturated rings. The molecule has 0 amide bonds. The number of aliphatic hydroxyl groups excluding tert-OH is 3. The lowest BCUT2D eigenvalue weighted by atomic mass is 9.47. The first-order valence-corrected chi connectivity index (χ1v) is 25.4. The summed E-state index contributed by atoms with van der Waals surface area (Å²) >= 11 is 0. The number of fused-ring (bicyclic) bond motifs is 5. The molecule has 5 rings (SSSR count). The minimum atomic E-state index is -1.31. The van der Waals surface area contributed by atoms with Crippen LogP contribution in [0.1, 0.15) is 215 Å². The third-order valence-corrected chi connectivity index (χ3v) is 17.7. The van der Waals surface area contributed by atoms with Crippen molar-refractivity contribution < 1.29 is 29.6 Å². The average Bonchev–Trinajstić information content (AvgIpc) is 3.56. The standard InChI is InChI=1S/C52H92O6/c1-8-10-11-12-13-14-15-16-17-18-19-20-21-22-47(53)57-35-39-33-46(49(55)50(56)48(39)54)58-41-29-31-51(6)40(34-41)25-26-42-44-28-27-43(52(44,7)32-30-45(42)51)37(5)23-24-38(9-2)36(3)4/h25,36-39,41-46,48-50,54-56H,8-24,26-35H2,1-7H3/t37-,38-,39-,41?,42+,43-,44+,45+,46-,48-,49+,50+,51+,52-/m1/s1. The van der Waals surface area contributed by atoms with E-state index in [1.54, 1.807) is 5.57 Å². The van der Waals surface area contributed by atoms with Crippen LogP contribution in [0.25, 0.3) is 0 Å². The van der Waals surface area contributed by atoms with Crippen molar-refractivity contribution in [2.24, 2.45) is 58.2 Å². The van der Waals surface area contributed by atoms with Gasteiger partial charge in [-0.25, -0.2) is 0 Å². The summed E-state index contributed by atoms with van der Waals surface area (Å²) in [6.45, 7) is 17.3. The van der Waals surface area contributed by atoms with Crippen LogP contribution >= 0.6 is 0 Å². The Bertz CT molecular complexity index is 1250. The van der Waals surface area contributed by atoms with Crippen LogP contribution in [-0.4, -0.2) is 58.4 Å². The van der Waals surface area contributed by atoms with E-state index in [2.05, 4.69) is 54.5 Å². The molecule has 0 saturated heterocycles. The Hall–Kier alpha value is -0.950. The number of unbranched alkanes of at least 4 members (excludes halogenated alkanes) is 12. The number of carbonyl (C=O) groups excluding carboxylic acids is 1. The fourth-order valence-electron chi connectivity index (χ4n) is 13.8. The second-order valence-corrected chi connectivity index (χ2v) is 21.6. The van der Waals surface area contributed by atoms with Crippen LogP contribution in [0.4, 0.5) is 0 Å². The van der Waals surface area contributed by atoms with Crippen molar-refractivity contribution in [1.82, 2.24) is 0 Å². The Morgan fingerprint density at radius 2 is 1.43 bits per heavy atom. The largest absolute Gasteiger partial charge is 0.465 e. The van der Waals surface area contributed by atoms with E-state index in [4.69, 9.17) is 9.47 Å². The summed E-state index contributed by atoms with van der Waals surface area (Å²) in [7, 11) is 0. The van der Waals surface area contributed by atoms with Crippen LogP contribution in [0.2, 0.25) is 0 Å². The zero-order valence-corrected chi connectivity index (χ0v) is 38.7. The van der Waals surface area contributed by atoms with Gasteiger partial charge < -0.3 is 24.8 Å². The number of carbonyl (C=O) groups is 1. The molecule has 0 aromatic rings. The topological polar surface area (TPSA) is 96.2 Å². The molecule has 0 aliphatic heterocycles. The Kier molecular flexibility index (Phi) is 19.0. The number of hydrogen-bond acceptors (Lipinski definition) is 6. The molecule has 6 nitrogen and oxygen atoms in total. The Morgan fingerprint density at radius 1 is 0.776 bits per heavy atom. The van der Waals surface area contributed by atoms with E-state index >= 15 is 0 Å². The second kappa shape index (κ2) is 22.9. The van der Waals surface area contributed by atoms with Gasteiger partial charge in [-0.1, -0.05) is 150 Å². The van der Waals surface area contributed by atoms with Crippen LogP contribution in [0, 0.1) is 58.2 Å². The molecule has 0 aromatic carbocycles. The lowest BCUT2D eigenvalue weighted by Crippen LogP contribution is -2.56. The van der Waals surface area contributed by atoms with Crippen LogP contribution in [0.3, 0.4) is 0 Å². The van der Waals surface area contributed by atoms with Gasteiger partial charge in [-0.2, -0.15) is 0 Å². The molecule has 0 spiro atoms. The van der Waals surface area contributed by atoms with Crippen LogP contribution < -0.4 is 0 Å². The Labute approximate surface area is 356 Å². The molecule has 336 valence electrons. The molecular formula is C52H92O6. The van der Waals surface area contributed by atoms with Gasteiger partial charge in [0.15, 0.2) is 0 Å². The van der Waals surface area contributed by atoms with Crippen molar-refractivity contribution in [3.8, 4) is 0 Å². The quantitative estimate of drug-likeness (QED) is 0.0510. The number of aliphatic hydroxyl groups is 3. The van der Waals surface area contributed by atoms with E-state index in [9.17, 15) is 20.1 Å². The highest BCUT2D eigenvalue weighted by Gasteiger charge is 2.59. The van der Waals surface area contributed by atoms with Crippen molar-refractivity contribution in [2.45, 2.75) is 246 Å². The van der Waals surface area contributed by atoms with Gasteiger partial charge in [-0.05, 0) is 123 Å². The van der Waals surface area contributed by atoms with Gasteiger partial charge in [0.25, 0.3) is 0 Å². The average molecular weight is 813 g/mol. The normalized spacial score (nSPS) is 37.1. The number of esters is 1. The smallest absolute Gasteiger partial charge is 0.305 e. The molecule has 0 radical (unpaired) electrons. The van der Waals surface area contributed by atoms with E-state index < -0.39 is 30.3 Å². The lowest BCUT2D eigenvalue weighted by molar-refractivity contribution is -0.197. The third kappa shape index (κ3) is 11.9. The van der Waals surface area contributed by atoms with Crippen molar-refractivity contribution in [3.63, 3.8) is 0 Å². The monoisotopic (exact) mass is 813 g/mol. The minimum absolute atomic E-state index is 0.0138. The molecule has 0 heterocycles. The molecule has 14 atom stereocenters. The maximum Gasteiger partial charge on any atom is 0.305 e. The highest BCUT2D eigenvalue weighted by molar-refractivity contribution is 5.69.